The standard InChI is InChI=1S/C34H35N3O3/c1-2-40-33(39)19-12-21-37-25-27(24-35-37)23-28-26-36(22-20-32(28)38)34(29-13-6-3-7-14-29,30-15-8-4-9-16-30)31-17-10-5-11-18-31/h3-11,13-18,23-25H,2,12,19-22,26H2,1H3/b28-23-. The number of carbonyl (C=O) groups is 2. The average Bonchev–Trinajstić information content (AvgIpc) is 3.44. The van der Waals surface area contributed by atoms with E-state index in [2.05, 4.69) is 82.8 Å². The number of ether oxygens (including phenoxy) is 1. The lowest BCUT2D eigenvalue weighted by atomic mass is 9.74. The second-order valence-electron chi connectivity index (χ2n) is 10.0. The van der Waals surface area contributed by atoms with Crippen LogP contribution < -0.4 is 0 Å². The van der Waals surface area contributed by atoms with Gasteiger partial charge in [-0.05, 0) is 36.1 Å². The first-order valence-corrected chi connectivity index (χ1v) is 13.9. The van der Waals surface area contributed by atoms with Crippen LogP contribution in [0.4, 0.5) is 0 Å². The largest absolute Gasteiger partial charge is 0.466 e. The van der Waals surface area contributed by atoms with E-state index in [9.17, 15) is 9.59 Å². The van der Waals surface area contributed by atoms with Crippen LogP contribution in [0, 0.1) is 0 Å². The Hall–Kier alpha value is -4.29. The van der Waals surface area contributed by atoms with Gasteiger partial charge in [-0.3, -0.25) is 19.2 Å². The van der Waals surface area contributed by atoms with Gasteiger partial charge in [0.2, 0.25) is 0 Å². The van der Waals surface area contributed by atoms with E-state index in [1.807, 2.05) is 42.1 Å². The van der Waals surface area contributed by atoms with Crippen LogP contribution in [-0.2, 0) is 26.4 Å². The molecule has 0 atom stereocenters. The number of benzene rings is 3. The molecule has 0 unspecified atom stereocenters. The number of rotatable bonds is 10. The number of hydrogen-bond donors (Lipinski definition) is 0. The first-order valence-electron chi connectivity index (χ1n) is 13.9. The van der Waals surface area contributed by atoms with Crippen molar-refractivity contribution in [2.24, 2.45) is 0 Å². The van der Waals surface area contributed by atoms with Gasteiger partial charge in [-0.2, -0.15) is 5.10 Å². The number of aromatic nitrogens is 2. The lowest BCUT2D eigenvalue weighted by molar-refractivity contribution is -0.143. The number of carbonyl (C=O) groups excluding carboxylic acids is 2. The zero-order chi connectivity index (χ0) is 27.8. The van der Waals surface area contributed by atoms with E-state index in [-0.39, 0.29) is 11.8 Å². The third-order valence-corrected chi connectivity index (χ3v) is 7.44. The Labute approximate surface area is 235 Å². The Morgan fingerprint density at radius 2 is 1.50 bits per heavy atom. The molecule has 0 N–H and O–H groups in total. The fraction of sp³-hybridized carbons (Fsp3) is 0.265. The molecule has 0 amide bonds. The maximum Gasteiger partial charge on any atom is 0.305 e. The van der Waals surface area contributed by atoms with Crippen molar-refractivity contribution >= 4 is 17.8 Å². The van der Waals surface area contributed by atoms with Crippen LogP contribution in [0.2, 0.25) is 0 Å². The summed E-state index contributed by atoms with van der Waals surface area (Å²) in [5.74, 6) is -0.0296. The van der Waals surface area contributed by atoms with Crippen molar-refractivity contribution in [2.75, 3.05) is 19.7 Å². The molecule has 3 aromatic carbocycles. The Balaban J connectivity index is 1.48. The van der Waals surface area contributed by atoms with Crippen LogP contribution in [0.25, 0.3) is 6.08 Å². The minimum Gasteiger partial charge on any atom is -0.466 e. The Morgan fingerprint density at radius 3 is 2.05 bits per heavy atom. The number of Topliss-reactive ketones (excluding diaryl/α,β-unsaturated/α-hetero) is 1. The van der Waals surface area contributed by atoms with E-state index in [1.54, 1.807) is 6.20 Å². The predicted octanol–water partition coefficient (Wildman–Crippen LogP) is 5.88. The number of hydrogen-bond acceptors (Lipinski definition) is 5. The van der Waals surface area contributed by atoms with E-state index in [1.165, 1.54) is 0 Å². The minimum absolute atomic E-state index is 0.161. The SMILES string of the molecule is CCOC(=O)CCCn1cc(/C=C2/CN(C(c3ccccc3)(c3ccccc3)c3ccccc3)CCC2=O)cn1. The highest BCUT2D eigenvalue weighted by Gasteiger charge is 2.44. The molecule has 5 rings (SSSR count). The van der Waals surface area contributed by atoms with Gasteiger partial charge >= 0.3 is 5.97 Å². The molecule has 0 bridgehead atoms. The van der Waals surface area contributed by atoms with Crippen LogP contribution in [0.1, 0.15) is 48.4 Å². The van der Waals surface area contributed by atoms with E-state index in [0.29, 0.717) is 45.5 Å². The van der Waals surface area contributed by atoms with Crippen molar-refractivity contribution in [1.29, 1.82) is 0 Å². The number of nitrogens with zero attached hydrogens (tertiary/aromatic N) is 3. The predicted molar refractivity (Wildman–Crippen MR) is 156 cm³/mol. The summed E-state index contributed by atoms with van der Waals surface area (Å²) in [6, 6.07) is 31.7. The van der Waals surface area contributed by atoms with E-state index >= 15 is 0 Å². The van der Waals surface area contributed by atoms with Crippen molar-refractivity contribution in [1.82, 2.24) is 14.7 Å². The molecular formula is C34H35N3O3. The molecule has 1 aliphatic heterocycles. The highest BCUT2D eigenvalue weighted by molar-refractivity contribution is 6.00. The topological polar surface area (TPSA) is 64.4 Å². The molecule has 40 heavy (non-hydrogen) atoms. The molecule has 1 aliphatic rings. The van der Waals surface area contributed by atoms with Gasteiger partial charge in [-0.25, -0.2) is 0 Å². The van der Waals surface area contributed by atoms with E-state index < -0.39 is 5.54 Å². The van der Waals surface area contributed by atoms with Gasteiger partial charge in [0, 0.05) is 49.8 Å². The minimum atomic E-state index is -0.569. The first kappa shape index (κ1) is 27.3. The monoisotopic (exact) mass is 533 g/mol. The maximum absolute atomic E-state index is 13.2. The van der Waals surface area contributed by atoms with Gasteiger partial charge in [-0.15, -0.1) is 0 Å². The van der Waals surface area contributed by atoms with Crippen molar-refractivity contribution in [3.63, 3.8) is 0 Å². The van der Waals surface area contributed by atoms with E-state index in [0.717, 1.165) is 27.8 Å². The molecule has 0 radical (unpaired) electrons. The van der Waals surface area contributed by atoms with Crippen LogP contribution in [-0.4, -0.2) is 46.1 Å². The lowest BCUT2D eigenvalue weighted by Crippen LogP contribution is -2.52. The lowest BCUT2D eigenvalue weighted by Gasteiger charge is -2.47. The summed E-state index contributed by atoms with van der Waals surface area (Å²) in [5, 5.41) is 4.46. The number of piperidine rings is 1. The van der Waals surface area contributed by atoms with Crippen molar-refractivity contribution < 1.29 is 14.3 Å². The van der Waals surface area contributed by atoms with Gasteiger partial charge in [0.1, 0.15) is 0 Å². The molecule has 6 heteroatoms. The second kappa shape index (κ2) is 12.7. The molecule has 2 heterocycles. The van der Waals surface area contributed by atoms with Gasteiger partial charge in [0.15, 0.2) is 5.78 Å². The number of likely N-dealkylation sites (tertiary alicyclic amines) is 1. The molecule has 1 saturated heterocycles. The summed E-state index contributed by atoms with van der Waals surface area (Å²) >= 11 is 0. The molecule has 0 spiro atoms. The number of ketones is 1. The summed E-state index contributed by atoms with van der Waals surface area (Å²) < 4.78 is 6.83. The molecule has 0 aliphatic carbocycles. The van der Waals surface area contributed by atoms with Gasteiger partial charge in [-0.1, -0.05) is 91.0 Å². The Bertz CT molecular complexity index is 1350. The number of esters is 1. The van der Waals surface area contributed by atoms with Gasteiger partial charge in [0.05, 0.1) is 18.3 Å². The normalized spacial score (nSPS) is 15.3. The summed E-state index contributed by atoms with van der Waals surface area (Å²) in [5.41, 5.74) is 4.57. The van der Waals surface area contributed by atoms with Crippen LogP contribution >= 0.6 is 0 Å². The second-order valence-corrected chi connectivity index (χ2v) is 10.0. The quantitative estimate of drug-likeness (QED) is 0.145. The molecule has 204 valence electrons. The molecule has 1 aromatic heterocycles. The summed E-state index contributed by atoms with van der Waals surface area (Å²) in [7, 11) is 0. The van der Waals surface area contributed by atoms with Crippen LogP contribution in [0.5, 0.6) is 0 Å². The summed E-state index contributed by atoms with van der Waals surface area (Å²) in [6.07, 6.45) is 7.13. The molecule has 4 aromatic rings. The van der Waals surface area contributed by atoms with E-state index in [4.69, 9.17) is 4.74 Å². The van der Waals surface area contributed by atoms with Gasteiger partial charge < -0.3 is 4.74 Å². The highest BCUT2D eigenvalue weighted by atomic mass is 16.5. The smallest absolute Gasteiger partial charge is 0.305 e. The maximum atomic E-state index is 13.2. The van der Waals surface area contributed by atoms with Crippen LogP contribution in [0.15, 0.2) is 109 Å². The molecule has 1 fully saturated rings. The molecular weight excluding hydrogens is 498 g/mol. The van der Waals surface area contributed by atoms with Crippen molar-refractivity contribution in [2.45, 2.75) is 38.3 Å². The van der Waals surface area contributed by atoms with Crippen molar-refractivity contribution in [3.8, 4) is 0 Å². The van der Waals surface area contributed by atoms with Gasteiger partial charge in [0.25, 0.3) is 0 Å². The molecule has 0 saturated carbocycles. The highest BCUT2D eigenvalue weighted by Crippen LogP contribution is 2.44. The van der Waals surface area contributed by atoms with Crippen LogP contribution in [0.3, 0.4) is 0 Å². The number of aryl methyl sites for hydroxylation is 1. The zero-order valence-corrected chi connectivity index (χ0v) is 22.9. The summed E-state index contributed by atoms with van der Waals surface area (Å²) in [4.78, 5) is 27.3. The molecule has 6 nitrogen and oxygen atoms in total. The Kier molecular flexibility index (Phi) is 8.67. The summed E-state index contributed by atoms with van der Waals surface area (Å²) in [6.45, 7) is 3.96. The zero-order valence-electron chi connectivity index (χ0n) is 22.9. The van der Waals surface area contributed by atoms with Crippen molar-refractivity contribution in [3.05, 3.63) is 131 Å². The average molecular weight is 534 g/mol. The Morgan fingerprint density at radius 1 is 0.925 bits per heavy atom. The third kappa shape index (κ3) is 5.82. The fourth-order valence-electron chi connectivity index (χ4n) is 5.66. The third-order valence-electron chi connectivity index (χ3n) is 7.44. The fourth-order valence-corrected chi connectivity index (χ4v) is 5.66. The first-order chi connectivity index (χ1) is 19.6.